The Morgan fingerprint density at radius 1 is 1.20 bits per heavy atom. The van der Waals surface area contributed by atoms with Crippen LogP contribution in [-0.2, 0) is 17.6 Å². The minimum atomic E-state index is -0.575. The van der Waals surface area contributed by atoms with Crippen molar-refractivity contribution in [3.63, 3.8) is 0 Å². The summed E-state index contributed by atoms with van der Waals surface area (Å²) in [6.07, 6.45) is 1.28. The van der Waals surface area contributed by atoms with E-state index in [1.54, 1.807) is 0 Å². The number of nitrogens with two attached hydrogens (primary N) is 1. The van der Waals surface area contributed by atoms with Gasteiger partial charge in [-0.1, -0.05) is 42.5 Å². The number of benzene rings is 2. The molecule has 5 nitrogen and oxygen atoms in total. The van der Waals surface area contributed by atoms with Crippen LogP contribution in [0.1, 0.15) is 33.1 Å². The second kappa shape index (κ2) is 6.33. The van der Waals surface area contributed by atoms with Crippen LogP contribution < -0.4 is 11.1 Å². The van der Waals surface area contributed by atoms with Gasteiger partial charge in [0, 0.05) is 18.7 Å². The van der Waals surface area contributed by atoms with E-state index in [-0.39, 0.29) is 17.9 Å². The molecular weight excluding hydrogens is 314 g/mol. The summed E-state index contributed by atoms with van der Waals surface area (Å²) in [6.45, 7) is 1.09. The Labute approximate surface area is 146 Å². The summed E-state index contributed by atoms with van der Waals surface area (Å²) in [5.74, 6) is -0.110. The number of rotatable bonds is 3. The third kappa shape index (κ3) is 2.81. The zero-order valence-electron chi connectivity index (χ0n) is 13.9. The SMILES string of the molecule is N[C@@H](Cc1ccccc1)C(=O)N1CCc2cccc3c2C1CNC3=O. The highest BCUT2D eigenvalue weighted by molar-refractivity contribution is 5.98. The molecule has 0 saturated carbocycles. The number of carbonyl (C=O) groups excluding carboxylic acids is 2. The van der Waals surface area contributed by atoms with Crippen LogP contribution in [0.3, 0.4) is 0 Å². The molecule has 2 aliphatic heterocycles. The molecular formula is C20H21N3O2. The van der Waals surface area contributed by atoms with E-state index in [4.69, 9.17) is 5.73 Å². The number of amides is 2. The van der Waals surface area contributed by atoms with Crippen molar-refractivity contribution in [2.24, 2.45) is 5.73 Å². The number of carbonyl (C=O) groups is 2. The summed E-state index contributed by atoms with van der Waals surface area (Å²) in [6, 6.07) is 14.9. The molecule has 2 atom stereocenters. The van der Waals surface area contributed by atoms with Gasteiger partial charge in [0.2, 0.25) is 5.91 Å². The maximum atomic E-state index is 13.0. The predicted octanol–water partition coefficient (Wildman–Crippen LogP) is 1.43. The lowest BCUT2D eigenvalue weighted by atomic mass is 9.85. The molecule has 2 heterocycles. The fraction of sp³-hybridized carbons (Fsp3) is 0.300. The Morgan fingerprint density at radius 2 is 2.00 bits per heavy atom. The zero-order valence-corrected chi connectivity index (χ0v) is 13.9. The van der Waals surface area contributed by atoms with Gasteiger partial charge in [0.1, 0.15) is 0 Å². The van der Waals surface area contributed by atoms with Crippen molar-refractivity contribution in [1.82, 2.24) is 10.2 Å². The molecule has 0 fully saturated rings. The first kappa shape index (κ1) is 15.8. The third-order valence-corrected chi connectivity index (χ3v) is 5.13. The maximum absolute atomic E-state index is 13.0. The summed E-state index contributed by atoms with van der Waals surface area (Å²) >= 11 is 0. The highest BCUT2D eigenvalue weighted by Crippen LogP contribution is 2.34. The Morgan fingerprint density at radius 3 is 2.80 bits per heavy atom. The molecule has 0 saturated heterocycles. The van der Waals surface area contributed by atoms with E-state index in [1.807, 2.05) is 47.4 Å². The molecule has 0 aromatic heterocycles. The van der Waals surface area contributed by atoms with Crippen molar-refractivity contribution in [2.75, 3.05) is 13.1 Å². The Bertz CT molecular complexity index is 819. The second-order valence-corrected chi connectivity index (χ2v) is 6.68. The quantitative estimate of drug-likeness (QED) is 0.891. The van der Waals surface area contributed by atoms with E-state index >= 15 is 0 Å². The number of nitrogens with one attached hydrogen (secondary N) is 1. The van der Waals surface area contributed by atoms with Crippen molar-refractivity contribution in [3.8, 4) is 0 Å². The second-order valence-electron chi connectivity index (χ2n) is 6.68. The summed E-state index contributed by atoms with van der Waals surface area (Å²) in [7, 11) is 0. The van der Waals surface area contributed by atoms with E-state index in [0.29, 0.717) is 25.1 Å². The van der Waals surface area contributed by atoms with E-state index in [1.165, 1.54) is 0 Å². The van der Waals surface area contributed by atoms with Crippen molar-refractivity contribution >= 4 is 11.8 Å². The van der Waals surface area contributed by atoms with Gasteiger partial charge in [-0.25, -0.2) is 0 Å². The molecule has 0 spiro atoms. The Kier molecular flexibility index (Phi) is 4.01. The van der Waals surface area contributed by atoms with Crippen LogP contribution in [0.15, 0.2) is 48.5 Å². The predicted molar refractivity (Wildman–Crippen MR) is 95.1 cm³/mol. The first-order valence-corrected chi connectivity index (χ1v) is 8.65. The molecule has 0 aliphatic carbocycles. The molecule has 2 amide bonds. The standard InChI is InChI=1S/C20H21N3O2/c21-16(11-13-5-2-1-3-6-13)20(25)23-10-9-14-7-4-8-15-18(14)17(23)12-22-19(15)24/h1-8,16-17H,9-12,21H2,(H,22,24)/t16-,17?/m0/s1. The van der Waals surface area contributed by atoms with E-state index in [0.717, 1.165) is 23.1 Å². The van der Waals surface area contributed by atoms with Gasteiger partial charge < -0.3 is 16.0 Å². The van der Waals surface area contributed by atoms with Crippen molar-refractivity contribution < 1.29 is 9.59 Å². The number of nitrogens with zero attached hydrogens (tertiary/aromatic N) is 1. The fourth-order valence-electron chi connectivity index (χ4n) is 3.90. The van der Waals surface area contributed by atoms with Gasteiger partial charge in [-0.3, -0.25) is 9.59 Å². The largest absolute Gasteiger partial charge is 0.350 e. The van der Waals surface area contributed by atoms with Crippen LogP contribution in [0.5, 0.6) is 0 Å². The normalized spacial score (nSPS) is 19.8. The van der Waals surface area contributed by atoms with Crippen LogP contribution >= 0.6 is 0 Å². The first-order valence-electron chi connectivity index (χ1n) is 8.65. The lowest BCUT2D eigenvalue weighted by Gasteiger charge is -2.41. The smallest absolute Gasteiger partial charge is 0.251 e. The monoisotopic (exact) mass is 335 g/mol. The van der Waals surface area contributed by atoms with E-state index in [9.17, 15) is 9.59 Å². The lowest BCUT2D eigenvalue weighted by Crippen LogP contribution is -2.53. The molecule has 2 aliphatic rings. The summed E-state index contributed by atoms with van der Waals surface area (Å²) in [5.41, 5.74) is 10.1. The third-order valence-electron chi connectivity index (χ3n) is 5.13. The van der Waals surface area contributed by atoms with Gasteiger partial charge in [-0.2, -0.15) is 0 Å². The maximum Gasteiger partial charge on any atom is 0.251 e. The molecule has 4 rings (SSSR count). The van der Waals surface area contributed by atoms with Gasteiger partial charge in [0.15, 0.2) is 0 Å². The molecule has 3 N–H and O–H groups in total. The molecule has 0 bridgehead atoms. The zero-order chi connectivity index (χ0) is 17.4. The first-order chi connectivity index (χ1) is 12.1. The van der Waals surface area contributed by atoms with Crippen molar-refractivity contribution in [1.29, 1.82) is 0 Å². The average Bonchev–Trinajstić information content (AvgIpc) is 2.65. The summed E-state index contributed by atoms with van der Waals surface area (Å²) in [5, 5.41) is 2.90. The van der Waals surface area contributed by atoms with Crippen LogP contribution in [-0.4, -0.2) is 35.8 Å². The Hall–Kier alpha value is -2.66. The Balaban J connectivity index is 1.59. The topological polar surface area (TPSA) is 75.4 Å². The highest BCUT2D eigenvalue weighted by Gasteiger charge is 2.38. The highest BCUT2D eigenvalue weighted by atomic mass is 16.2. The molecule has 1 unspecified atom stereocenters. The minimum Gasteiger partial charge on any atom is -0.350 e. The van der Waals surface area contributed by atoms with Crippen LogP contribution in [0.25, 0.3) is 0 Å². The number of hydrogen-bond acceptors (Lipinski definition) is 3. The fourth-order valence-corrected chi connectivity index (χ4v) is 3.90. The average molecular weight is 335 g/mol. The van der Waals surface area contributed by atoms with Crippen molar-refractivity contribution in [2.45, 2.75) is 24.9 Å². The van der Waals surface area contributed by atoms with Gasteiger partial charge in [-0.15, -0.1) is 0 Å². The minimum absolute atomic E-state index is 0.0505. The van der Waals surface area contributed by atoms with E-state index < -0.39 is 6.04 Å². The van der Waals surface area contributed by atoms with Gasteiger partial charge in [-0.05, 0) is 35.6 Å². The van der Waals surface area contributed by atoms with Gasteiger partial charge in [0.25, 0.3) is 5.91 Å². The summed E-state index contributed by atoms with van der Waals surface area (Å²) in [4.78, 5) is 27.0. The molecule has 2 aromatic carbocycles. The molecule has 2 aromatic rings. The molecule has 0 radical (unpaired) electrons. The molecule has 25 heavy (non-hydrogen) atoms. The molecule has 5 heteroatoms. The van der Waals surface area contributed by atoms with Crippen LogP contribution in [0.2, 0.25) is 0 Å². The van der Waals surface area contributed by atoms with Gasteiger partial charge in [0.05, 0.1) is 12.1 Å². The van der Waals surface area contributed by atoms with Crippen molar-refractivity contribution in [3.05, 3.63) is 70.8 Å². The summed E-state index contributed by atoms with van der Waals surface area (Å²) < 4.78 is 0. The van der Waals surface area contributed by atoms with Crippen LogP contribution in [0.4, 0.5) is 0 Å². The molecule has 128 valence electrons. The van der Waals surface area contributed by atoms with E-state index in [2.05, 4.69) is 11.4 Å². The lowest BCUT2D eigenvalue weighted by molar-refractivity contribution is -0.135. The van der Waals surface area contributed by atoms with Gasteiger partial charge >= 0.3 is 0 Å². The van der Waals surface area contributed by atoms with Crippen LogP contribution in [0, 0.1) is 0 Å². The number of hydrogen-bond donors (Lipinski definition) is 2.